The molecule has 1 saturated heterocycles. The van der Waals surface area contributed by atoms with E-state index in [0.29, 0.717) is 0 Å². The van der Waals surface area contributed by atoms with Crippen LogP contribution in [-0.2, 0) is 11.0 Å². The van der Waals surface area contributed by atoms with Gasteiger partial charge in [0.05, 0.1) is 4.90 Å². The van der Waals surface area contributed by atoms with Crippen molar-refractivity contribution in [1.29, 1.82) is 0 Å². The van der Waals surface area contributed by atoms with Crippen LogP contribution in [0.5, 0.6) is 0 Å². The second kappa shape index (κ2) is 8.89. The Kier molecular flexibility index (Phi) is 6.07. The molecule has 3 aromatic carbocycles. The van der Waals surface area contributed by atoms with E-state index < -0.39 is 11.0 Å². The Morgan fingerprint density at radius 3 is 2.10 bits per heavy atom. The maximum absolute atomic E-state index is 12.6. The van der Waals surface area contributed by atoms with E-state index in [1.165, 1.54) is 5.69 Å². The first-order chi connectivity index (χ1) is 14.1. The molecule has 0 saturated carbocycles. The minimum atomic E-state index is -1.28. The fourth-order valence-corrected chi connectivity index (χ4v) is 4.44. The molecule has 0 aliphatic carbocycles. The smallest absolute Gasteiger partial charge is 0.150 e. The van der Waals surface area contributed by atoms with Gasteiger partial charge in [-0.05, 0) is 61.5 Å². The minimum absolute atomic E-state index is 0.764. The van der Waals surface area contributed by atoms with Crippen LogP contribution in [0.3, 0.4) is 0 Å². The van der Waals surface area contributed by atoms with Crippen molar-refractivity contribution < 1.29 is 4.21 Å². The zero-order valence-corrected chi connectivity index (χ0v) is 17.9. The lowest BCUT2D eigenvalue weighted by Gasteiger charge is -2.37. The zero-order chi connectivity index (χ0) is 20.2. The molecule has 3 aromatic rings. The predicted octanol–water partition coefficient (Wildman–Crippen LogP) is 5.11. The van der Waals surface area contributed by atoms with E-state index >= 15 is 0 Å². The summed E-state index contributed by atoms with van der Waals surface area (Å²) in [6.07, 6.45) is 0. The van der Waals surface area contributed by atoms with Gasteiger partial charge in [0.25, 0.3) is 0 Å². The Morgan fingerprint density at radius 1 is 0.828 bits per heavy atom. The van der Waals surface area contributed by atoms with Gasteiger partial charge in [-0.3, -0.25) is 0 Å². The van der Waals surface area contributed by atoms with Crippen molar-refractivity contribution in [2.75, 3.05) is 40.7 Å². The number of anilines is 3. The topological polar surface area (TPSA) is 35.6 Å². The van der Waals surface area contributed by atoms with Crippen LogP contribution in [-0.4, -0.2) is 30.4 Å². The number of hydrogen-bond donors (Lipinski definition) is 1. The molecule has 1 atom stereocenters. The van der Waals surface area contributed by atoms with Crippen LogP contribution < -0.4 is 14.5 Å². The molecule has 1 fully saturated rings. The summed E-state index contributed by atoms with van der Waals surface area (Å²) >= 11 is 6.00. The Balaban J connectivity index is 1.39. The summed E-state index contributed by atoms with van der Waals surface area (Å²) in [4.78, 5) is 5.52. The van der Waals surface area contributed by atoms with Gasteiger partial charge in [0.2, 0.25) is 0 Å². The first-order valence-corrected chi connectivity index (χ1v) is 11.2. The molecule has 1 aliphatic rings. The van der Waals surface area contributed by atoms with E-state index in [2.05, 4.69) is 38.8 Å². The van der Waals surface area contributed by atoms with E-state index in [0.717, 1.165) is 53.0 Å². The highest BCUT2D eigenvalue weighted by Gasteiger charge is 2.18. The summed E-state index contributed by atoms with van der Waals surface area (Å²) < 4.78 is 15.7. The SMILES string of the molecule is Cc1ccc(S(=O)Nc2cccc(N3CCN(c4ccc(Cl)cc4)CC3)c2)cc1. The molecule has 1 unspecified atom stereocenters. The Morgan fingerprint density at radius 2 is 1.45 bits per heavy atom. The van der Waals surface area contributed by atoms with Crippen LogP contribution in [0.25, 0.3) is 0 Å². The first kappa shape index (κ1) is 19.8. The molecule has 29 heavy (non-hydrogen) atoms. The van der Waals surface area contributed by atoms with Gasteiger partial charge in [0.15, 0.2) is 0 Å². The molecule has 0 bridgehead atoms. The molecule has 1 heterocycles. The quantitative estimate of drug-likeness (QED) is 0.617. The predicted molar refractivity (Wildman–Crippen MR) is 124 cm³/mol. The average molecular weight is 426 g/mol. The van der Waals surface area contributed by atoms with Gasteiger partial charge in [-0.25, -0.2) is 4.21 Å². The highest BCUT2D eigenvalue weighted by atomic mass is 35.5. The van der Waals surface area contributed by atoms with E-state index in [1.54, 1.807) is 0 Å². The van der Waals surface area contributed by atoms with Crippen LogP contribution in [0, 0.1) is 6.92 Å². The van der Waals surface area contributed by atoms with Crippen molar-refractivity contribution in [1.82, 2.24) is 0 Å². The van der Waals surface area contributed by atoms with E-state index in [4.69, 9.17) is 11.6 Å². The fraction of sp³-hybridized carbons (Fsp3) is 0.217. The van der Waals surface area contributed by atoms with Gasteiger partial charge < -0.3 is 14.5 Å². The minimum Gasteiger partial charge on any atom is -0.368 e. The summed E-state index contributed by atoms with van der Waals surface area (Å²) in [5, 5.41) is 0.764. The molecule has 1 N–H and O–H groups in total. The highest BCUT2D eigenvalue weighted by Crippen LogP contribution is 2.25. The third kappa shape index (κ3) is 4.92. The average Bonchev–Trinajstić information content (AvgIpc) is 2.75. The van der Waals surface area contributed by atoms with Crippen molar-refractivity contribution in [2.45, 2.75) is 11.8 Å². The van der Waals surface area contributed by atoms with Crippen molar-refractivity contribution in [3.05, 3.63) is 83.4 Å². The molecular weight excluding hydrogens is 402 g/mol. The lowest BCUT2D eigenvalue weighted by atomic mass is 10.2. The summed E-state index contributed by atoms with van der Waals surface area (Å²) in [6, 6.07) is 23.9. The second-order valence-electron chi connectivity index (χ2n) is 7.18. The molecule has 4 rings (SSSR count). The molecule has 6 heteroatoms. The van der Waals surface area contributed by atoms with Gasteiger partial charge >= 0.3 is 0 Å². The van der Waals surface area contributed by atoms with Gasteiger partial charge in [0, 0.05) is 48.3 Å². The van der Waals surface area contributed by atoms with Crippen molar-refractivity contribution in [3.8, 4) is 0 Å². The number of aryl methyl sites for hydroxylation is 1. The first-order valence-electron chi connectivity index (χ1n) is 9.69. The zero-order valence-electron chi connectivity index (χ0n) is 16.3. The van der Waals surface area contributed by atoms with Crippen LogP contribution in [0.15, 0.2) is 77.7 Å². The van der Waals surface area contributed by atoms with Crippen molar-refractivity contribution in [3.63, 3.8) is 0 Å². The molecular formula is C23H24ClN3OS. The molecule has 4 nitrogen and oxygen atoms in total. The van der Waals surface area contributed by atoms with Gasteiger partial charge in [-0.1, -0.05) is 35.4 Å². The van der Waals surface area contributed by atoms with Gasteiger partial charge in [0.1, 0.15) is 11.0 Å². The Bertz CT molecular complexity index is 984. The number of nitrogens with one attached hydrogen (secondary N) is 1. The lowest BCUT2D eigenvalue weighted by Crippen LogP contribution is -2.46. The summed E-state index contributed by atoms with van der Waals surface area (Å²) in [5.41, 5.74) is 4.37. The molecule has 150 valence electrons. The van der Waals surface area contributed by atoms with E-state index in [9.17, 15) is 4.21 Å². The highest BCUT2D eigenvalue weighted by molar-refractivity contribution is 7.86. The van der Waals surface area contributed by atoms with Crippen LogP contribution in [0.4, 0.5) is 17.1 Å². The van der Waals surface area contributed by atoms with Crippen LogP contribution in [0.1, 0.15) is 5.56 Å². The number of nitrogens with zero attached hydrogens (tertiary/aromatic N) is 2. The van der Waals surface area contributed by atoms with Crippen molar-refractivity contribution >= 4 is 39.6 Å². The number of halogens is 1. The van der Waals surface area contributed by atoms with Crippen LogP contribution in [0.2, 0.25) is 5.02 Å². The molecule has 0 amide bonds. The summed E-state index contributed by atoms with van der Waals surface area (Å²) in [5.74, 6) is 0. The third-order valence-electron chi connectivity index (χ3n) is 5.13. The fourth-order valence-electron chi connectivity index (χ4n) is 3.47. The van der Waals surface area contributed by atoms with Gasteiger partial charge in [-0.15, -0.1) is 0 Å². The maximum Gasteiger partial charge on any atom is 0.150 e. The number of benzene rings is 3. The summed E-state index contributed by atoms with van der Waals surface area (Å²) in [6.45, 7) is 5.81. The largest absolute Gasteiger partial charge is 0.368 e. The molecule has 1 aliphatic heterocycles. The number of piperazine rings is 1. The monoisotopic (exact) mass is 425 g/mol. The Hall–Kier alpha value is -2.50. The number of rotatable bonds is 5. The molecule has 0 radical (unpaired) electrons. The van der Waals surface area contributed by atoms with E-state index in [-0.39, 0.29) is 0 Å². The molecule has 0 spiro atoms. The van der Waals surface area contributed by atoms with Gasteiger partial charge in [-0.2, -0.15) is 0 Å². The number of hydrogen-bond acceptors (Lipinski definition) is 3. The van der Waals surface area contributed by atoms with Crippen LogP contribution >= 0.6 is 11.6 Å². The second-order valence-corrected chi connectivity index (χ2v) is 8.83. The summed E-state index contributed by atoms with van der Waals surface area (Å²) in [7, 11) is -1.28. The van der Waals surface area contributed by atoms with E-state index in [1.807, 2.05) is 55.5 Å². The standard InChI is InChI=1S/C23H24ClN3OS/c1-18-5-11-23(12-6-18)29(28)25-20-3-2-4-22(17-20)27-15-13-26(14-16-27)21-9-7-19(24)8-10-21/h2-12,17,25H,13-16H2,1H3. The normalized spacial score (nSPS) is 15.2. The van der Waals surface area contributed by atoms with Crippen molar-refractivity contribution in [2.24, 2.45) is 0 Å². The maximum atomic E-state index is 12.6. The lowest BCUT2D eigenvalue weighted by molar-refractivity contribution is 0.653. The third-order valence-corrected chi connectivity index (χ3v) is 6.50. The molecule has 0 aromatic heterocycles. The Labute approximate surface area is 179 Å².